The summed E-state index contributed by atoms with van der Waals surface area (Å²) in [5, 5.41) is 0. The number of rotatable bonds is 1. The molecule has 0 unspecified atom stereocenters. The van der Waals surface area contributed by atoms with Gasteiger partial charge in [0.15, 0.2) is 0 Å². The minimum atomic E-state index is -0.0166. The van der Waals surface area contributed by atoms with Gasteiger partial charge in [0, 0.05) is 0 Å². The van der Waals surface area contributed by atoms with Crippen LogP contribution in [-0.4, -0.2) is 11.8 Å². The van der Waals surface area contributed by atoms with E-state index in [2.05, 4.69) is 0 Å². The molecular formula is C12H11NO2. The van der Waals surface area contributed by atoms with Crippen LogP contribution in [0.2, 0.25) is 0 Å². The molecule has 1 saturated carbocycles. The van der Waals surface area contributed by atoms with Crippen molar-refractivity contribution < 1.29 is 9.59 Å². The van der Waals surface area contributed by atoms with E-state index in [-0.39, 0.29) is 23.7 Å². The van der Waals surface area contributed by atoms with Gasteiger partial charge in [-0.2, -0.15) is 0 Å². The third-order valence-electron chi connectivity index (χ3n) is 3.22. The maximum absolute atomic E-state index is 11.8. The third-order valence-corrected chi connectivity index (χ3v) is 3.22. The number of aryl methyl sites for hydroxylation is 1. The maximum atomic E-state index is 11.8. The van der Waals surface area contributed by atoms with Gasteiger partial charge < -0.3 is 0 Å². The molecule has 1 aromatic carbocycles. The lowest BCUT2D eigenvalue weighted by molar-refractivity contribution is -0.123. The smallest absolute Gasteiger partial charge is 0.237 e. The van der Waals surface area contributed by atoms with Gasteiger partial charge in [0.1, 0.15) is 0 Å². The number of amides is 2. The van der Waals surface area contributed by atoms with Crippen LogP contribution in [0.5, 0.6) is 0 Å². The first-order chi connectivity index (χ1) is 7.20. The molecule has 3 rings (SSSR count). The highest BCUT2D eigenvalue weighted by Crippen LogP contribution is 2.48. The number of para-hydroxylation sites is 1. The Bertz CT molecular complexity index is 446. The Morgan fingerprint density at radius 3 is 2.33 bits per heavy atom. The molecule has 15 heavy (non-hydrogen) atoms. The van der Waals surface area contributed by atoms with E-state index in [1.54, 1.807) is 0 Å². The fourth-order valence-electron chi connectivity index (χ4n) is 2.23. The van der Waals surface area contributed by atoms with Crippen molar-refractivity contribution >= 4 is 17.5 Å². The van der Waals surface area contributed by atoms with Crippen molar-refractivity contribution in [2.75, 3.05) is 4.90 Å². The fraction of sp³-hybridized carbons (Fsp3) is 0.333. The number of nitrogens with zero attached hydrogens (tertiary/aromatic N) is 1. The molecule has 1 aliphatic heterocycles. The van der Waals surface area contributed by atoms with Crippen molar-refractivity contribution in [2.45, 2.75) is 13.3 Å². The minimum Gasteiger partial charge on any atom is -0.274 e. The van der Waals surface area contributed by atoms with Crippen LogP contribution in [0.25, 0.3) is 0 Å². The van der Waals surface area contributed by atoms with E-state index in [0.717, 1.165) is 17.7 Å². The van der Waals surface area contributed by atoms with Gasteiger partial charge in [-0.25, -0.2) is 4.90 Å². The van der Waals surface area contributed by atoms with E-state index in [9.17, 15) is 9.59 Å². The number of imide groups is 1. The second-order valence-corrected chi connectivity index (χ2v) is 4.25. The molecule has 0 bridgehead atoms. The van der Waals surface area contributed by atoms with Crippen LogP contribution < -0.4 is 4.90 Å². The Morgan fingerprint density at radius 2 is 1.73 bits per heavy atom. The van der Waals surface area contributed by atoms with Gasteiger partial charge in [-0.15, -0.1) is 0 Å². The lowest BCUT2D eigenvalue weighted by Crippen LogP contribution is -2.33. The lowest BCUT2D eigenvalue weighted by atomic mass is 10.2. The normalized spacial score (nSPS) is 28.2. The quantitative estimate of drug-likeness (QED) is 0.646. The van der Waals surface area contributed by atoms with E-state index in [1.807, 2.05) is 31.2 Å². The van der Waals surface area contributed by atoms with Crippen LogP contribution >= 0.6 is 0 Å². The minimum absolute atomic E-state index is 0.0145. The zero-order valence-corrected chi connectivity index (χ0v) is 8.43. The standard InChI is InChI=1S/C12H11NO2/c1-7-4-2-3-5-10(7)13-11(14)8-6-9(8)12(13)15/h2-5,8-9H,6H2,1H3/t8-,9-/m1/s1. The predicted molar refractivity (Wildman–Crippen MR) is 55.3 cm³/mol. The van der Waals surface area contributed by atoms with E-state index in [0.29, 0.717) is 0 Å². The summed E-state index contributed by atoms with van der Waals surface area (Å²) in [4.78, 5) is 25.0. The number of hydrogen-bond donors (Lipinski definition) is 0. The first-order valence-electron chi connectivity index (χ1n) is 5.13. The van der Waals surface area contributed by atoms with E-state index in [4.69, 9.17) is 0 Å². The topological polar surface area (TPSA) is 37.4 Å². The van der Waals surface area contributed by atoms with Crippen LogP contribution in [0.4, 0.5) is 5.69 Å². The molecule has 76 valence electrons. The Kier molecular flexibility index (Phi) is 1.55. The van der Waals surface area contributed by atoms with Crippen LogP contribution in [-0.2, 0) is 9.59 Å². The second kappa shape index (κ2) is 2.69. The summed E-state index contributed by atoms with van der Waals surface area (Å²) in [6.07, 6.45) is 0.764. The zero-order chi connectivity index (χ0) is 10.6. The van der Waals surface area contributed by atoms with Gasteiger partial charge >= 0.3 is 0 Å². The number of piperidine rings is 1. The van der Waals surface area contributed by atoms with Gasteiger partial charge in [-0.1, -0.05) is 18.2 Å². The third kappa shape index (κ3) is 1.06. The molecule has 3 nitrogen and oxygen atoms in total. The molecule has 2 fully saturated rings. The number of anilines is 1. The summed E-state index contributed by atoms with van der Waals surface area (Å²) >= 11 is 0. The molecule has 0 spiro atoms. The average molecular weight is 201 g/mol. The molecule has 1 aromatic rings. The second-order valence-electron chi connectivity index (χ2n) is 4.25. The lowest BCUT2D eigenvalue weighted by Gasteiger charge is -2.18. The number of benzene rings is 1. The molecule has 1 saturated heterocycles. The van der Waals surface area contributed by atoms with E-state index < -0.39 is 0 Å². The van der Waals surface area contributed by atoms with Crippen molar-refractivity contribution in [1.29, 1.82) is 0 Å². The van der Waals surface area contributed by atoms with E-state index in [1.165, 1.54) is 4.90 Å². The Labute approximate surface area is 87.7 Å². The molecule has 1 heterocycles. The average Bonchev–Trinajstić information content (AvgIpc) is 2.96. The first-order valence-corrected chi connectivity index (χ1v) is 5.13. The van der Waals surface area contributed by atoms with Crippen LogP contribution in [0.15, 0.2) is 24.3 Å². The van der Waals surface area contributed by atoms with Gasteiger partial charge in [0.25, 0.3) is 0 Å². The van der Waals surface area contributed by atoms with Gasteiger partial charge in [-0.05, 0) is 25.0 Å². The summed E-state index contributed by atoms with van der Waals surface area (Å²) in [7, 11) is 0. The monoisotopic (exact) mass is 201 g/mol. The summed E-state index contributed by atoms with van der Waals surface area (Å²) in [5.41, 5.74) is 1.72. The zero-order valence-electron chi connectivity index (χ0n) is 8.43. The van der Waals surface area contributed by atoms with Crippen LogP contribution in [0, 0.1) is 18.8 Å². The Morgan fingerprint density at radius 1 is 1.13 bits per heavy atom. The summed E-state index contributed by atoms with van der Waals surface area (Å²) < 4.78 is 0. The van der Waals surface area contributed by atoms with Gasteiger partial charge in [0.05, 0.1) is 17.5 Å². The molecular weight excluding hydrogens is 190 g/mol. The highest BCUT2D eigenvalue weighted by molar-refractivity contribution is 6.25. The van der Waals surface area contributed by atoms with Crippen molar-refractivity contribution in [3.63, 3.8) is 0 Å². The molecule has 0 N–H and O–H groups in total. The molecule has 3 heteroatoms. The number of fused-ring (bicyclic) bond motifs is 1. The number of carbonyl (C=O) groups is 2. The summed E-state index contributed by atoms with van der Waals surface area (Å²) in [6, 6.07) is 7.51. The fourth-order valence-corrected chi connectivity index (χ4v) is 2.23. The van der Waals surface area contributed by atoms with E-state index >= 15 is 0 Å². The molecule has 1 aliphatic carbocycles. The maximum Gasteiger partial charge on any atom is 0.237 e. The van der Waals surface area contributed by atoms with Crippen LogP contribution in [0.3, 0.4) is 0 Å². The Balaban J connectivity index is 2.05. The van der Waals surface area contributed by atoms with Crippen molar-refractivity contribution in [2.24, 2.45) is 11.8 Å². The molecule has 0 radical (unpaired) electrons. The highest BCUT2D eigenvalue weighted by atomic mass is 16.2. The summed E-state index contributed by atoms with van der Waals surface area (Å²) in [6.45, 7) is 1.92. The SMILES string of the molecule is Cc1ccccc1N1C(=O)[C@@H]2C[C@H]2C1=O. The Hall–Kier alpha value is -1.64. The molecule has 0 aromatic heterocycles. The largest absolute Gasteiger partial charge is 0.274 e. The van der Waals surface area contributed by atoms with Crippen molar-refractivity contribution in [1.82, 2.24) is 0 Å². The van der Waals surface area contributed by atoms with Gasteiger partial charge in [0.2, 0.25) is 11.8 Å². The van der Waals surface area contributed by atoms with Crippen molar-refractivity contribution in [3.05, 3.63) is 29.8 Å². The molecule has 2 amide bonds. The molecule has 2 aliphatic rings. The number of carbonyl (C=O) groups excluding carboxylic acids is 2. The number of hydrogen-bond acceptors (Lipinski definition) is 2. The van der Waals surface area contributed by atoms with Gasteiger partial charge in [-0.3, -0.25) is 9.59 Å². The molecule has 2 atom stereocenters. The predicted octanol–water partition coefficient (Wildman–Crippen LogP) is 1.50. The highest BCUT2D eigenvalue weighted by Gasteiger charge is 2.59. The van der Waals surface area contributed by atoms with Crippen molar-refractivity contribution in [3.8, 4) is 0 Å². The van der Waals surface area contributed by atoms with Crippen LogP contribution in [0.1, 0.15) is 12.0 Å². The first kappa shape index (κ1) is 8.65. The summed E-state index contributed by atoms with van der Waals surface area (Å²) in [5.74, 6) is -0.0622.